The van der Waals surface area contributed by atoms with Gasteiger partial charge in [-0.1, -0.05) is 19.1 Å². The number of hydrogen-bond donors (Lipinski definition) is 2. The molecule has 2 N–H and O–H groups in total. The second kappa shape index (κ2) is 6.91. The summed E-state index contributed by atoms with van der Waals surface area (Å²) >= 11 is 0. The van der Waals surface area contributed by atoms with Crippen LogP contribution in [0.3, 0.4) is 0 Å². The molecule has 0 spiro atoms. The summed E-state index contributed by atoms with van der Waals surface area (Å²) < 4.78 is 5.63. The van der Waals surface area contributed by atoms with E-state index >= 15 is 0 Å². The number of ether oxygens (including phenoxy) is 1. The first-order chi connectivity index (χ1) is 10.7. The van der Waals surface area contributed by atoms with Gasteiger partial charge in [-0.3, -0.25) is 4.79 Å². The summed E-state index contributed by atoms with van der Waals surface area (Å²) in [6.45, 7) is 10.9. The summed E-state index contributed by atoms with van der Waals surface area (Å²) in [7, 11) is 0. The molecule has 1 aliphatic rings. The first kappa shape index (κ1) is 17.8. The van der Waals surface area contributed by atoms with E-state index in [9.17, 15) is 4.79 Å². The van der Waals surface area contributed by atoms with E-state index in [0.29, 0.717) is 0 Å². The van der Waals surface area contributed by atoms with Crippen molar-refractivity contribution in [3.8, 4) is 5.75 Å². The van der Waals surface area contributed by atoms with Crippen LogP contribution in [0.25, 0.3) is 0 Å². The molecule has 0 radical (unpaired) electrons. The highest BCUT2D eigenvalue weighted by molar-refractivity contribution is 5.77. The van der Waals surface area contributed by atoms with E-state index in [-0.39, 0.29) is 29.6 Å². The SMILES string of the molecule is CCc1cccc(OCC(=O)NC2CC(C)(C)NC(C)(C)C2)c1. The standard InChI is InChI=1S/C19H30N2O2/c1-6-14-8-7-9-16(10-14)23-13-17(22)20-15-11-18(2,3)21-19(4,5)12-15/h7-10,15,21H,6,11-13H2,1-5H3,(H,20,22). The number of carbonyl (C=O) groups is 1. The first-order valence-corrected chi connectivity index (χ1v) is 8.49. The van der Waals surface area contributed by atoms with Gasteiger partial charge in [-0.2, -0.15) is 0 Å². The van der Waals surface area contributed by atoms with Crippen molar-refractivity contribution in [1.82, 2.24) is 10.6 Å². The van der Waals surface area contributed by atoms with Crippen molar-refractivity contribution >= 4 is 5.91 Å². The highest BCUT2D eigenvalue weighted by atomic mass is 16.5. The van der Waals surface area contributed by atoms with Crippen molar-refractivity contribution in [3.05, 3.63) is 29.8 Å². The molecule has 1 fully saturated rings. The number of piperidine rings is 1. The Morgan fingerprint density at radius 2 is 1.91 bits per heavy atom. The van der Waals surface area contributed by atoms with Gasteiger partial charge in [0.1, 0.15) is 5.75 Å². The molecule has 1 aromatic carbocycles. The fourth-order valence-electron chi connectivity index (χ4n) is 3.70. The van der Waals surface area contributed by atoms with Crippen molar-refractivity contribution in [2.24, 2.45) is 0 Å². The lowest BCUT2D eigenvalue weighted by Crippen LogP contribution is -2.62. The van der Waals surface area contributed by atoms with Crippen LogP contribution in [0.15, 0.2) is 24.3 Å². The second-order valence-electron chi connectivity index (χ2n) is 7.86. The van der Waals surface area contributed by atoms with Crippen molar-refractivity contribution < 1.29 is 9.53 Å². The number of aryl methyl sites for hydroxylation is 1. The Morgan fingerprint density at radius 1 is 1.26 bits per heavy atom. The summed E-state index contributed by atoms with van der Waals surface area (Å²) in [4.78, 5) is 12.2. The van der Waals surface area contributed by atoms with E-state index in [4.69, 9.17) is 4.74 Å². The lowest BCUT2D eigenvalue weighted by molar-refractivity contribution is -0.124. The molecule has 0 bridgehead atoms. The van der Waals surface area contributed by atoms with E-state index < -0.39 is 0 Å². The lowest BCUT2D eigenvalue weighted by atomic mass is 9.79. The number of benzene rings is 1. The van der Waals surface area contributed by atoms with Crippen LogP contribution < -0.4 is 15.4 Å². The maximum absolute atomic E-state index is 12.2. The van der Waals surface area contributed by atoms with E-state index in [1.165, 1.54) is 5.56 Å². The third-order valence-electron chi connectivity index (χ3n) is 4.23. The summed E-state index contributed by atoms with van der Waals surface area (Å²) in [6, 6.07) is 8.09. The molecule has 0 saturated carbocycles. The third-order valence-corrected chi connectivity index (χ3v) is 4.23. The molecule has 128 valence electrons. The van der Waals surface area contributed by atoms with Gasteiger partial charge in [0.05, 0.1) is 0 Å². The van der Waals surface area contributed by atoms with Gasteiger partial charge in [0.15, 0.2) is 6.61 Å². The fraction of sp³-hybridized carbons (Fsp3) is 0.632. The largest absolute Gasteiger partial charge is 0.484 e. The van der Waals surface area contributed by atoms with Gasteiger partial charge in [0, 0.05) is 17.1 Å². The highest BCUT2D eigenvalue weighted by Crippen LogP contribution is 2.28. The lowest BCUT2D eigenvalue weighted by Gasteiger charge is -2.46. The van der Waals surface area contributed by atoms with Gasteiger partial charge >= 0.3 is 0 Å². The Labute approximate surface area is 140 Å². The first-order valence-electron chi connectivity index (χ1n) is 8.49. The van der Waals surface area contributed by atoms with Gasteiger partial charge in [0.2, 0.25) is 0 Å². The Balaban J connectivity index is 1.87. The molecule has 2 rings (SSSR count). The Morgan fingerprint density at radius 3 is 2.52 bits per heavy atom. The highest BCUT2D eigenvalue weighted by Gasteiger charge is 2.38. The zero-order valence-corrected chi connectivity index (χ0v) is 15.0. The van der Waals surface area contributed by atoms with Gasteiger partial charge in [0.25, 0.3) is 5.91 Å². The van der Waals surface area contributed by atoms with Gasteiger partial charge in [-0.25, -0.2) is 0 Å². The minimum Gasteiger partial charge on any atom is -0.484 e. The monoisotopic (exact) mass is 318 g/mol. The molecule has 1 heterocycles. The third kappa shape index (κ3) is 5.54. The van der Waals surface area contributed by atoms with E-state index in [1.54, 1.807) is 0 Å². The number of rotatable bonds is 5. The van der Waals surface area contributed by atoms with Crippen LogP contribution in [-0.2, 0) is 11.2 Å². The van der Waals surface area contributed by atoms with Crippen molar-refractivity contribution in [2.45, 2.75) is 71.0 Å². The van der Waals surface area contributed by atoms with Crippen LogP contribution in [0.5, 0.6) is 5.75 Å². The molecule has 0 unspecified atom stereocenters. The van der Waals surface area contributed by atoms with E-state index in [0.717, 1.165) is 25.0 Å². The minimum absolute atomic E-state index is 0.0238. The predicted molar refractivity (Wildman–Crippen MR) is 93.8 cm³/mol. The summed E-state index contributed by atoms with van der Waals surface area (Å²) in [5.74, 6) is 0.705. The number of carbonyl (C=O) groups excluding carboxylic acids is 1. The quantitative estimate of drug-likeness (QED) is 0.877. The molecule has 1 aromatic rings. The smallest absolute Gasteiger partial charge is 0.258 e. The van der Waals surface area contributed by atoms with Crippen LogP contribution in [0.1, 0.15) is 53.0 Å². The zero-order valence-electron chi connectivity index (χ0n) is 15.0. The number of hydrogen-bond acceptors (Lipinski definition) is 3. The predicted octanol–water partition coefficient (Wildman–Crippen LogP) is 3.05. The van der Waals surface area contributed by atoms with Gasteiger partial charge in [-0.05, 0) is 64.7 Å². The van der Waals surface area contributed by atoms with Crippen molar-refractivity contribution in [1.29, 1.82) is 0 Å². The zero-order chi connectivity index (χ0) is 17.1. The number of nitrogens with one attached hydrogen (secondary N) is 2. The topological polar surface area (TPSA) is 50.4 Å². The van der Waals surface area contributed by atoms with Crippen LogP contribution in [0.2, 0.25) is 0 Å². The molecular weight excluding hydrogens is 288 g/mol. The van der Waals surface area contributed by atoms with Crippen molar-refractivity contribution in [3.63, 3.8) is 0 Å². The summed E-state index contributed by atoms with van der Waals surface area (Å²) in [5.41, 5.74) is 1.26. The molecule has 0 atom stereocenters. The van der Waals surface area contributed by atoms with Crippen LogP contribution in [0.4, 0.5) is 0 Å². The van der Waals surface area contributed by atoms with Crippen LogP contribution in [-0.4, -0.2) is 29.6 Å². The van der Waals surface area contributed by atoms with Crippen molar-refractivity contribution in [2.75, 3.05) is 6.61 Å². The Kier molecular flexibility index (Phi) is 5.35. The summed E-state index contributed by atoms with van der Waals surface area (Å²) in [6.07, 6.45) is 2.81. The molecule has 1 aliphatic heterocycles. The Hall–Kier alpha value is -1.55. The maximum Gasteiger partial charge on any atom is 0.258 e. The maximum atomic E-state index is 12.2. The molecule has 4 heteroatoms. The number of amides is 1. The molecule has 1 saturated heterocycles. The van der Waals surface area contributed by atoms with Gasteiger partial charge in [-0.15, -0.1) is 0 Å². The van der Waals surface area contributed by atoms with Gasteiger partial charge < -0.3 is 15.4 Å². The average molecular weight is 318 g/mol. The molecule has 23 heavy (non-hydrogen) atoms. The molecule has 0 aromatic heterocycles. The minimum atomic E-state index is -0.0506. The van der Waals surface area contributed by atoms with Crippen LogP contribution in [0, 0.1) is 0 Å². The molecule has 1 amide bonds. The normalized spacial score (nSPS) is 20.0. The van der Waals surface area contributed by atoms with E-state index in [2.05, 4.69) is 51.3 Å². The summed E-state index contributed by atoms with van der Waals surface area (Å²) in [5, 5.41) is 6.75. The second-order valence-corrected chi connectivity index (χ2v) is 7.86. The molecule has 0 aliphatic carbocycles. The average Bonchev–Trinajstić information content (AvgIpc) is 2.42. The van der Waals surface area contributed by atoms with E-state index in [1.807, 2.05) is 18.2 Å². The Bertz CT molecular complexity index is 536. The molecule has 4 nitrogen and oxygen atoms in total. The molecular formula is C19H30N2O2. The van der Waals surface area contributed by atoms with Crippen LogP contribution >= 0.6 is 0 Å². The fourth-order valence-corrected chi connectivity index (χ4v) is 3.70.